The molecule has 0 unspecified atom stereocenters. The summed E-state index contributed by atoms with van der Waals surface area (Å²) in [5.41, 5.74) is 2.98. The highest BCUT2D eigenvalue weighted by Gasteiger charge is 2.46. The van der Waals surface area contributed by atoms with Crippen LogP contribution in [0.5, 0.6) is 0 Å². The minimum atomic E-state index is 0. The van der Waals surface area contributed by atoms with Crippen LogP contribution in [0.2, 0.25) is 0 Å². The lowest BCUT2D eigenvalue weighted by molar-refractivity contribution is 0.0714. The van der Waals surface area contributed by atoms with Gasteiger partial charge >= 0.3 is 0 Å². The summed E-state index contributed by atoms with van der Waals surface area (Å²) in [5, 5.41) is 3.50. The molecule has 3 aromatic rings. The first-order chi connectivity index (χ1) is 13.3. The van der Waals surface area contributed by atoms with Gasteiger partial charge in [-0.3, -0.25) is 4.79 Å². The molecule has 1 amide bonds. The highest BCUT2D eigenvalue weighted by atomic mass is 35.5. The predicted octanol–water partition coefficient (Wildman–Crippen LogP) is 3.75. The summed E-state index contributed by atoms with van der Waals surface area (Å²) in [6.45, 7) is 2.80. The Hall–Kier alpha value is -2.34. The summed E-state index contributed by atoms with van der Waals surface area (Å²) in [6.07, 6.45) is 5.41. The van der Waals surface area contributed by atoms with Crippen LogP contribution in [0.25, 0.3) is 5.69 Å². The van der Waals surface area contributed by atoms with E-state index in [2.05, 4.69) is 39.5 Å². The lowest BCUT2D eigenvalue weighted by atomic mass is 9.89. The van der Waals surface area contributed by atoms with Crippen molar-refractivity contribution < 1.29 is 4.79 Å². The lowest BCUT2D eigenvalue weighted by Crippen LogP contribution is -2.34. The first-order valence-electron chi connectivity index (χ1n) is 9.46. The Morgan fingerprint density at radius 2 is 1.76 bits per heavy atom. The molecule has 29 heavy (non-hydrogen) atoms. The fraction of sp³-hybridized carbons (Fsp3) is 0.273. The van der Waals surface area contributed by atoms with E-state index in [0.29, 0.717) is 11.8 Å². The Bertz CT molecular complexity index is 931. The summed E-state index contributed by atoms with van der Waals surface area (Å²) in [5.74, 6) is 1.14. The molecule has 0 radical (unpaired) electrons. The number of aromatic nitrogens is 2. The van der Waals surface area contributed by atoms with Crippen LogP contribution < -0.4 is 5.32 Å². The fourth-order valence-corrected chi connectivity index (χ4v) is 4.56. The number of benzene rings is 2. The quantitative estimate of drug-likeness (QED) is 0.688. The molecule has 2 aliphatic rings. The molecule has 0 bridgehead atoms. The molecule has 2 aromatic carbocycles. The van der Waals surface area contributed by atoms with Gasteiger partial charge < -0.3 is 14.8 Å². The maximum absolute atomic E-state index is 13.3. The van der Waals surface area contributed by atoms with Crippen molar-refractivity contribution in [2.75, 3.05) is 19.6 Å². The standard InChI is InChI=1S/C22H22N4O.2ClH/c27-22(17-6-8-19(9-7-17)25-11-10-23-15-25)26-14-18-12-24-13-20(18)21(26)16-4-2-1-3-5-16;;/h1-11,15,18,20-21,24H,12-14H2;2*1H/t18-,20-,21-;;/m0../s1. The number of likely N-dealkylation sites (tertiary alicyclic amines) is 1. The Morgan fingerprint density at radius 3 is 2.45 bits per heavy atom. The van der Waals surface area contributed by atoms with Crippen LogP contribution in [0.1, 0.15) is 22.0 Å². The van der Waals surface area contributed by atoms with Gasteiger partial charge in [0, 0.05) is 49.2 Å². The molecule has 5 nitrogen and oxygen atoms in total. The SMILES string of the molecule is Cl.Cl.O=C(c1ccc(-n2ccnc2)cc1)N1C[C@@H]2CNC[C@@H]2[C@@H]1c1ccccc1. The highest BCUT2D eigenvalue weighted by molar-refractivity contribution is 5.95. The van der Waals surface area contributed by atoms with Crippen LogP contribution in [0, 0.1) is 11.8 Å². The molecule has 2 aliphatic heterocycles. The molecule has 152 valence electrons. The molecule has 0 saturated carbocycles. The second-order valence-corrected chi connectivity index (χ2v) is 7.41. The second kappa shape index (κ2) is 8.99. The van der Waals surface area contributed by atoms with Gasteiger partial charge in [-0.05, 0) is 35.7 Å². The van der Waals surface area contributed by atoms with E-state index >= 15 is 0 Å². The first kappa shape index (κ1) is 21.4. The van der Waals surface area contributed by atoms with E-state index in [4.69, 9.17) is 0 Å². The maximum atomic E-state index is 13.3. The maximum Gasteiger partial charge on any atom is 0.254 e. The van der Waals surface area contributed by atoms with Gasteiger partial charge in [-0.15, -0.1) is 24.8 Å². The van der Waals surface area contributed by atoms with Crippen molar-refractivity contribution in [3.63, 3.8) is 0 Å². The highest BCUT2D eigenvalue weighted by Crippen LogP contribution is 2.43. The number of halogens is 2. The van der Waals surface area contributed by atoms with Crippen molar-refractivity contribution in [1.82, 2.24) is 19.8 Å². The Balaban J connectivity index is 0.00000120. The average molecular weight is 431 g/mol. The molecule has 5 rings (SSSR count). The lowest BCUT2D eigenvalue weighted by Gasteiger charge is -2.28. The van der Waals surface area contributed by atoms with Gasteiger partial charge in [0.05, 0.1) is 12.4 Å². The van der Waals surface area contributed by atoms with Crippen molar-refractivity contribution in [2.45, 2.75) is 6.04 Å². The number of hydrogen-bond donors (Lipinski definition) is 1. The van der Waals surface area contributed by atoms with Crippen LogP contribution in [0.4, 0.5) is 0 Å². The Morgan fingerprint density at radius 1 is 1.00 bits per heavy atom. The van der Waals surface area contributed by atoms with Crippen LogP contribution in [0.3, 0.4) is 0 Å². The van der Waals surface area contributed by atoms with Crippen LogP contribution in [-0.4, -0.2) is 40.0 Å². The third kappa shape index (κ3) is 3.90. The monoisotopic (exact) mass is 430 g/mol. The van der Waals surface area contributed by atoms with E-state index in [9.17, 15) is 4.79 Å². The Labute approximate surface area is 183 Å². The van der Waals surface area contributed by atoms with Gasteiger partial charge in [0.1, 0.15) is 0 Å². The normalized spacial score (nSPS) is 22.5. The largest absolute Gasteiger partial charge is 0.331 e. The van der Waals surface area contributed by atoms with Crippen LogP contribution >= 0.6 is 24.8 Å². The number of carbonyl (C=O) groups excluding carboxylic acids is 1. The summed E-state index contributed by atoms with van der Waals surface area (Å²) < 4.78 is 1.94. The number of nitrogens with zero attached hydrogens (tertiary/aromatic N) is 3. The van der Waals surface area contributed by atoms with Crippen molar-refractivity contribution in [1.29, 1.82) is 0 Å². The Kier molecular flexibility index (Phi) is 6.63. The summed E-state index contributed by atoms with van der Waals surface area (Å²) in [4.78, 5) is 19.5. The van der Waals surface area contributed by atoms with Gasteiger partial charge in [0.25, 0.3) is 5.91 Å². The number of imidazole rings is 1. The minimum absolute atomic E-state index is 0. The van der Waals surface area contributed by atoms with Crippen LogP contribution in [-0.2, 0) is 0 Å². The third-order valence-corrected chi connectivity index (χ3v) is 5.88. The number of nitrogens with one attached hydrogen (secondary N) is 1. The van der Waals surface area contributed by atoms with Crippen molar-refractivity contribution in [3.05, 3.63) is 84.4 Å². The third-order valence-electron chi connectivity index (χ3n) is 5.88. The molecule has 3 heterocycles. The summed E-state index contributed by atoms with van der Waals surface area (Å²) >= 11 is 0. The molecule has 3 atom stereocenters. The van der Waals surface area contributed by atoms with E-state index in [1.54, 1.807) is 12.5 Å². The van der Waals surface area contributed by atoms with E-state index in [-0.39, 0.29) is 36.8 Å². The zero-order valence-electron chi connectivity index (χ0n) is 15.8. The molecule has 0 aliphatic carbocycles. The number of carbonyl (C=O) groups is 1. The number of hydrogen-bond acceptors (Lipinski definition) is 3. The number of fused-ring (bicyclic) bond motifs is 1. The predicted molar refractivity (Wildman–Crippen MR) is 118 cm³/mol. The molecule has 1 aromatic heterocycles. The van der Waals surface area contributed by atoms with Crippen LogP contribution in [0.15, 0.2) is 73.3 Å². The van der Waals surface area contributed by atoms with E-state index < -0.39 is 0 Å². The fourth-order valence-electron chi connectivity index (χ4n) is 4.56. The van der Waals surface area contributed by atoms with Crippen molar-refractivity contribution >= 4 is 30.7 Å². The number of rotatable bonds is 3. The summed E-state index contributed by atoms with van der Waals surface area (Å²) in [7, 11) is 0. The minimum Gasteiger partial charge on any atom is -0.331 e. The summed E-state index contributed by atoms with van der Waals surface area (Å²) in [6, 6.07) is 18.4. The molecule has 2 saturated heterocycles. The van der Waals surface area contributed by atoms with E-state index in [1.165, 1.54) is 5.56 Å². The second-order valence-electron chi connectivity index (χ2n) is 7.41. The zero-order chi connectivity index (χ0) is 18.2. The average Bonchev–Trinajstić information content (AvgIpc) is 3.45. The molecular weight excluding hydrogens is 407 g/mol. The van der Waals surface area contributed by atoms with Crippen molar-refractivity contribution in [3.8, 4) is 5.69 Å². The van der Waals surface area contributed by atoms with Gasteiger partial charge in [0.15, 0.2) is 0 Å². The van der Waals surface area contributed by atoms with Crippen molar-refractivity contribution in [2.24, 2.45) is 11.8 Å². The van der Waals surface area contributed by atoms with Gasteiger partial charge in [-0.2, -0.15) is 0 Å². The molecule has 0 spiro atoms. The smallest absolute Gasteiger partial charge is 0.254 e. The number of amides is 1. The zero-order valence-corrected chi connectivity index (χ0v) is 17.5. The van der Waals surface area contributed by atoms with Gasteiger partial charge in [-0.25, -0.2) is 4.98 Å². The van der Waals surface area contributed by atoms with Gasteiger partial charge in [-0.1, -0.05) is 30.3 Å². The molecule has 2 fully saturated rings. The van der Waals surface area contributed by atoms with E-state index in [0.717, 1.165) is 30.9 Å². The van der Waals surface area contributed by atoms with Gasteiger partial charge in [0.2, 0.25) is 0 Å². The van der Waals surface area contributed by atoms with E-state index in [1.807, 2.05) is 41.1 Å². The molecular formula is C22H24Cl2N4O. The topological polar surface area (TPSA) is 50.2 Å². The first-order valence-corrected chi connectivity index (χ1v) is 9.46. The molecule has 7 heteroatoms. The molecule has 1 N–H and O–H groups in total.